The predicted octanol–water partition coefficient (Wildman–Crippen LogP) is 1.40. The summed E-state index contributed by atoms with van der Waals surface area (Å²) in [5.74, 6) is -0.376. The molecule has 1 aliphatic rings. The van der Waals surface area contributed by atoms with Gasteiger partial charge in [0.2, 0.25) is 0 Å². The van der Waals surface area contributed by atoms with Gasteiger partial charge in [-0.05, 0) is 25.0 Å². The van der Waals surface area contributed by atoms with Gasteiger partial charge in [-0.1, -0.05) is 6.07 Å². The van der Waals surface area contributed by atoms with Crippen LogP contribution in [0.1, 0.15) is 46.4 Å². The largest absolute Gasteiger partial charge is 0.515 e. The second-order valence-corrected chi connectivity index (χ2v) is 5.31. The van der Waals surface area contributed by atoms with E-state index in [1.165, 1.54) is 6.07 Å². The molecule has 0 fully saturated rings. The van der Waals surface area contributed by atoms with Crippen molar-refractivity contribution in [3.05, 3.63) is 34.2 Å². The first kappa shape index (κ1) is 17.6. The third-order valence-electron chi connectivity index (χ3n) is 3.54. The van der Waals surface area contributed by atoms with E-state index >= 15 is 0 Å². The van der Waals surface area contributed by atoms with Crippen LogP contribution in [0, 0.1) is 6.07 Å². The molecule has 0 aromatic heterocycles. The van der Waals surface area contributed by atoms with E-state index in [1.54, 1.807) is 12.1 Å². The minimum Gasteiger partial charge on any atom is -0.493 e. The fraction of sp³-hybridized carbons (Fsp3) is 0.412. The number of aliphatic hydroxyl groups is 1. The summed E-state index contributed by atoms with van der Waals surface area (Å²) in [7, 11) is 0. The van der Waals surface area contributed by atoms with Gasteiger partial charge in [0.25, 0.3) is 5.91 Å². The Labute approximate surface area is 139 Å². The maximum absolute atomic E-state index is 12.4. The Morgan fingerprint density at radius 3 is 2.96 bits per heavy atom. The quantitative estimate of drug-likeness (QED) is 0.554. The molecule has 0 saturated heterocycles. The van der Waals surface area contributed by atoms with Crippen molar-refractivity contribution in [2.75, 3.05) is 13.2 Å². The Morgan fingerprint density at radius 2 is 2.29 bits per heavy atom. The third-order valence-corrected chi connectivity index (χ3v) is 3.54. The maximum atomic E-state index is 12.4. The minimum atomic E-state index is -0.455. The molecule has 0 spiro atoms. The number of unbranched alkanes of at least 4 members (excludes halogenated alkanes) is 1. The molecule has 7 nitrogen and oxygen atoms in total. The van der Waals surface area contributed by atoms with Crippen molar-refractivity contribution in [2.24, 2.45) is 0 Å². The molecule has 24 heavy (non-hydrogen) atoms. The van der Waals surface area contributed by atoms with Crippen LogP contribution in [0.25, 0.3) is 4.85 Å². The molecule has 7 heteroatoms. The molecule has 0 aliphatic carbocycles. The van der Waals surface area contributed by atoms with Gasteiger partial charge in [-0.2, -0.15) is 0 Å². The molecular weight excluding hydrogens is 312 g/mol. The van der Waals surface area contributed by atoms with Crippen LogP contribution in [0.3, 0.4) is 0 Å². The molecule has 1 atom stereocenters. The number of amides is 2. The predicted molar refractivity (Wildman–Crippen MR) is 86.4 cm³/mol. The van der Waals surface area contributed by atoms with Crippen LogP contribution in [-0.2, 0) is 4.79 Å². The van der Waals surface area contributed by atoms with Crippen LogP contribution in [0.15, 0.2) is 18.2 Å². The van der Waals surface area contributed by atoms with Crippen LogP contribution in [0.2, 0.25) is 0 Å². The zero-order valence-electron chi connectivity index (χ0n) is 13.2. The van der Waals surface area contributed by atoms with E-state index in [4.69, 9.17) is 9.84 Å². The summed E-state index contributed by atoms with van der Waals surface area (Å²) in [6.45, 7) is 0.423. The van der Waals surface area contributed by atoms with Gasteiger partial charge < -0.3 is 15.2 Å². The molecular formula is C17H19N2O5+. The van der Waals surface area contributed by atoms with Gasteiger partial charge in [-0.3, -0.25) is 9.59 Å². The number of aldehydes is 1. The second kappa shape index (κ2) is 8.79. The molecule has 2 amide bonds. The first-order chi connectivity index (χ1) is 11.7. The maximum Gasteiger partial charge on any atom is 0.515 e. The van der Waals surface area contributed by atoms with E-state index in [1.807, 2.05) is 0 Å². The molecule has 0 radical (unpaired) electrons. The van der Waals surface area contributed by atoms with Gasteiger partial charge in [0.05, 0.1) is 24.2 Å². The minimum absolute atomic E-state index is 0.0777. The fourth-order valence-electron chi connectivity index (χ4n) is 2.26. The normalized spacial score (nSPS) is 16.0. The summed E-state index contributed by atoms with van der Waals surface area (Å²) in [6, 6.07) is 6.90. The summed E-state index contributed by atoms with van der Waals surface area (Å²) in [5.41, 5.74) is 0.367. The summed E-state index contributed by atoms with van der Waals surface area (Å²) in [5, 5.41) is 11.4. The molecule has 1 unspecified atom stereocenters. The Bertz CT molecular complexity index is 690. The summed E-state index contributed by atoms with van der Waals surface area (Å²) in [4.78, 5) is 38.4. The van der Waals surface area contributed by atoms with Crippen molar-refractivity contribution >= 4 is 18.1 Å². The highest BCUT2D eigenvalue weighted by atomic mass is 16.5. The summed E-state index contributed by atoms with van der Waals surface area (Å²) in [6.07, 6.45) is 2.52. The van der Waals surface area contributed by atoms with Gasteiger partial charge in [0, 0.05) is 17.9 Å². The number of carbonyl (C=O) groups excluding carboxylic acids is 3. The average molecular weight is 331 g/mol. The molecule has 126 valence electrons. The van der Waals surface area contributed by atoms with Crippen LogP contribution >= 0.6 is 0 Å². The van der Waals surface area contributed by atoms with Gasteiger partial charge in [0.15, 0.2) is 12.3 Å². The van der Waals surface area contributed by atoms with Crippen LogP contribution in [-0.4, -0.2) is 42.5 Å². The molecule has 1 aromatic rings. The number of nitrogens with one attached hydrogen (secondary N) is 1. The van der Waals surface area contributed by atoms with E-state index in [2.05, 4.69) is 16.2 Å². The van der Waals surface area contributed by atoms with Crippen molar-refractivity contribution in [3.63, 3.8) is 0 Å². The highest BCUT2D eigenvalue weighted by Crippen LogP contribution is 2.21. The number of aliphatic hydroxyl groups excluding tert-OH is 1. The SMILES string of the molecule is O=Cc1c(OCCCCO)cccc1C(=O)NC1C#[N+]C(=O)CC1. The lowest BCUT2D eigenvalue weighted by Gasteiger charge is -2.13. The number of ether oxygens (including phenoxy) is 1. The van der Waals surface area contributed by atoms with E-state index < -0.39 is 11.9 Å². The summed E-state index contributed by atoms with van der Waals surface area (Å²) < 4.78 is 5.52. The van der Waals surface area contributed by atoms with Crippen molar-refractivity contribution in [1.82, 2.24) is 5.32 Å². The molecule has 0 saturated carbocycles. The zero-order valence-corrected chi connectivity index (χ0v) is 13.2. The van der Waals surface area contributed by atoms with Gasteiger partial charge in [-0.15, -0.1) is 0 Å². The first-order valence-corrected chi connectivity index (χ1v) is 7.77. The van der Waals surface area contributed by atoms with E-state index in [0.29, 0.717) is 37.9 Å². The lowest BCUT2D eigenvalue weighted by molar-refractivity contribution is -0.115. The number of nitrogens with zero attached hydrogens (tertiary/aromatic N) is 1. The second-order valence-electron chi connectivity index (χ2n) is 5.31. The van der Waals surface area contributed by atoms with E-state index in [9.17, 15) is 14.4 Å². The van der Waals surface area contributed by atoms with E-state index in [-0.39, 0.29) is 30.1 Å². The van der Waals surface area contributed by atoms with Gasteiger partial charge >= 0.3 is 12.0 Å². The Morgan fingerprint density at radius 1 is 1.46 bits per heavy atom. The summed E-state index contributed by atoms with van der Waals surface area (Å²) >= 11 is 0. The van der Waals surface area contributed by atoms with Crippen molar-refractivity contribution in [1.29, 1.82) is 0 Å². The van der Waals surface area contributed by atoms with Crippen molar-refractivity contribution < 1.29 is 24.2 Å². The topological polar surface area (TPSA) is 97.1 Å². The molecule has 1 heterocycles. The monoisotopic (exact) mass is 331 g/mol. The highest BCUT2D eigenvalue weighted by Gasteiger charge is 2.27. The molecule has 2 N–H and O–H groups in total. The first-order valence-electron chi connectivity index (χ1n) is 7.77. The average Bonchev–Trinajstić information content (AvgIpc) is 2.60. The molecule has 0 bridgehead atoms. The fourth-order valence-corrected chi connectivity index (χ4v) is 2.26. The molecule has 2 rings (SSSR count). The van der Waals surface area contributed by atoms with Crippen LogP contribution in [0.4, 0.5) is 0 Å². The van der Waals surface area contributed by atoms with Gasteiger partial charge in [-0.25, -0.2) is 4.79 Å². The highest BCUT2D eigenvalue weighted by molar-refractivity contribution is 6.03. The van der Waals surface area contributed by atoms with Crippen LogP contribution < -0.4 is 10.1 Å². The van der Waals surface area contributed by atoms with Crippen LogP contribution in [0.5, 0.6) is 5.75 Å². The van der Waals surface area contributed by atoms with Crippen molar-refractivity contribution in [2.45, 2.75) is 31.7 Å². The molecule has 1 aliphatic heterocycles. The van der Waals surface area contributed by atoms with Crippen molar-refractivity contribution in [3.8, 4) is 11.8 Å². The lowest BCUT2D eigenvalue weighted by atomic mass is 10.0. The Hall–Kier alpha value is -2.72. The lowest BCUT2D eigenvalue weighted by Crippen LogP contribution is -2.35. The Balaban J connectivity index is 2.09. The number of benzene rings is 1. The Kier molecular flexibility index (Phi) is 6.46. The smallest absolute Gasteiger partial charge is 0.493 e. The number of rotatable bonds is 8. The zero-order chi connectivity index (χ0) is 17.4. The number of hydrogen-bond acceptors (Lipinski definition) is 5. The number of hydrogen-bond donors (Lipinski definition) is 2. The number of carbonyl (C=O) groups is 3. The van der Waals surface area contributed by atoms with Gasteiger partial charge in [0.1, 0.15) is 5.75 Å². The molecule has 1 aromatic carbocycles. The third kappa shape index (κ3) is 4.64. The van der Waals surface area contributed by atoms with E-state index in [0.717, 1.165) is 0 Å². The standard InChI is InChI=1S/C17H18N2O5/c20-8-1-2-9-24-15-5-3-4-13(14(15)11-21)17(23)19-12-6-7-16(22)18-10-12/h3-5,11-12,20H,1-2,6-9H2/p+1.